The highest BCUT2D eigenvalue weighted by molar-refractivity contribution is 6.10. The van der Waals surface area contributed by atoms with Gasteiger partial charge in [0.05, 0.1) is 18.4 Å². The molecule has 0 bridgehead atoms. The molecule has 1 aromatic rings. The summed E-state index contributed by atoms with van der Waals surface area (Å²) in [6.45, 7) is 2.36. The minimum atomic E-state index is -0.244. The van der Waals surface area contributed by atoms with Crippen molar-refractivity contribution in [3.8, 4) is 0 Å². The summed E-state index contributed by atoms with van der Waals surface area (Å²) in [7, 11) is 0. The lowest BCUT2D eigenvalue weighted by Crippen LogP contribution is -2.36. The van der Waals surface area contributed by atoms with Gasteiger partial charge in [0.25, 0.3) is 0 Å². The predicted molar refractivity (Wildman–Crippen MR) is 61.7 cm³/mol. The number of nitrogens with zero attached hydrogens (tertiary/aromatic N) is 1. The van der Waals surface area contributed by atoms with Crippen molar-refractivity contribution in [1.82, 2.24) is 4.90 Å². The summed E-state index contributed by atoms with van der Waals surface area (Å²) in [5.74, 6) is -0.690. The maximum atomic E-state index is 11.9. The molecule has 4 nitrogen and oxygen atoms in total. The van der Waals surface area contributed by atoms with Gasteiger partial charge in [0.15, 0.2) is 0 Å². The number of aryl methyl sites for hydroxylation is 1. The van der Waals surface area contributed by atoms with Gasteiger partial charge in [-0.25, -0.2) is 0 Å². The first-order valence-electron chi connectivity index (χ1n) is 5.76. The minimum Gasteiger partial charge on any atom is -0.326 e. The van der Waals surface area contributed by atoms with E-state index < -0.39 is 0 Å². The van der Waals surface area contributed by atoms with Crippen LogP contribution in [0.5, 0.6) is 0 Å². The van der Waals surface area contributed by atoms with Crippen molar-refractivity contribution in [1.29, 1.82) is 0 Å². The highest BCUT2D eigenvalue weighted by Gasteiger charge is 2.65. The summed E-state index contributed by atoms with van der Waals surface area (Å²) in [4.78, 5) is 25.2. The van der Waals surface area contributed by atoms with Crippen LogP contribution in [0.4, 0.5) is 0 Å². The monoisotopic (exact) mass is 230 g/mol. The van der Waals surface area contributed by atoms with Crippen molar-refractivity contribution in [2.24, 2.45) is 17.6 Å². The van der Waals surface area contributed by atoms with Crippen molar-refractivity contribution >= 4 is 11.8 Å². The topological polar surface area (TPSA) is 63.4 Å². The van der Waals surface area contributed by atoms with Gasteiger partial charge in [-0.15, -0.1) is 0 Å². The number of likely N-dealkylation sites (tertiary alicyclic amines) is 1. The molecule has 1 heterocycles. The summed E-state index contributed by atoms with van der Waals surface area (Å²) in [5, 5.41) is 0. The van der Waals surface area contributed by atoms with Crippen LogP contribution >= 0.6 is 0 Å². The summed E-state index contributed by atoms with van der Waals surface area (Å²) in [5.41, 5.74) is 7.78. The van der Waals surface area contributed by atoms with Gasteiger partial charge in [0.2, 0.25) is 11.8 Å². The first kappa shape index (κ1) is 10.5. The van der Waals surface area contributed by atoms with Crippen LogP contribution in [0.25, 0.3) is 0 Å². The van der Waals surface area contributed by atoms with E-state index in [1.807, 2.05) is 31.2 Å². The Morgan fingerprint density at radius 2 is 1.76 bits per heavy atom. The summed E-state index contributed by atoms with van der Waals surface area (Å²) in [6.07, 6.45) is 0. The van der Waals surface area contributed by atoms with E-state index in [1.165, 1.54) is 4.90 Å². The summed E-state index contributed by atoms with van der Waals surface area (Å²) < 4.78 is 0. The van der Waals surface area contributed by atoms with Crippen molar-refractivity contribution in [3.05, 3.63) is 35.4 Å². The second-order valence-electron chi connectivity index (χ2n) is 4.82. The molecule has 0 spiro atoms. The van der Waals surface area contributed by atoms with Gasteiger partial charge in [-0.1, -0.05) is 24.3 Å². The molecule has 2 unspecified atom stereocenters. The zero-order chi connectivity index (χ0) is 12.2. The lowest BCUT2D eigenvalue weighted by atomic mass is 10.1. The number of carbonyl (C=O) groups excluding carboxylic acids is 2. The first-order chi connectivity index (χ1) is 8.11. The lowest BCUT2D eigenvalue weighted by Gasteiger charge is -2.18. The second-order valence-corrected chi connectivity index (χ2v) is 4.82. The van der Waals surface area contributed by atoms with Gasteiger partial charge in [0.1, 0.15) is 0 Å². The van der Waals surface area contributed by atoms with E-state index in [9.17, 15) is 9.59 Å². The maximum Gasteiger partial charge on any atom is 0.235 e. The van der Waals surface area contributed by atoms with Crippen LogP contribution in [0.15, 0.2) is 24.3 Å². The predicted octanol–water partition coefficient (Wildman–Crippen LogP) is 0.437. The molecule has 0 radical (unpaired) electrons. The number of hydrogen-bond donors (Lipinski definition) is 1. The Labute approximate surface area is 99.4 Å². The van der Waals surface area contributed by atoms with Gasteiger partial charge >= 0.3 is 0 Å². The highest BCUT2D eigenvalue weighted by atomic mass is 16.2. The van der Waals surface area contributed by atoms with Crippen LogP contribution in [0, 0.1) is 18.8 Å². The lowest BCUT2D eigenvalue weighted by molar-refractivity contribution is -0.142. The molecule has 88 valence electrons. The Hall–Kier alpha value is -1.68. The molecule has 2 fully saturated rings. The normalized spacial score (nSPS) is 30.7. The largest absolute Gasteiger partial charge is 0.326 e. The third-order valence-corrected chi connectivity index (χ3v) is 3.77. The molecule has 0 aromatic heterocycles. The van der Waals surface area contributed by atoms with Crippen LogP contribution < -0.4 is 5.73 Å². The molecule has 2 N–H and O–H groups in total. The maximum absolute atomic E-state index is 11.9. The average Bonchev–Trinajstić information content (AvgIpc) is 2.90. The molecule has 17 heavy (non-hydrogen) atoms. The second kappa shape index (κ2) is 3.40. The molecular formula is C13H14N2O2. The van der Waals surface area contributed by atoms with Gasteiger partial charge in [-0.2, -0.15) is 0 Å². The number of fused-ring (bicyclic) bond motifs is 1. The molecule has 1 saturated heterocycles. The number of benzene rings is 1. The zero-order valence-electron chi connectivity index (χ0n) is 9.59. The number of amides is 2. The zero-order valence-corrected chi connectivity index (χ0v) is 9.59. The van der Waals surface area contributed by atoms with Gasteiger partial charge in [-0.3, -0.25) is 14.5 Å². The van der Waals surface area contributed by atoms with Crippen LogP contribution in [0.3, 0.4) is 0 Å². The first-order valence-corrected chi connectivity index (χ1v) is 5.76. The number of nitrogens with two attached hydrogens (primary N) is 1. The third kappa shape index (κ3) is 1.41. The standard InChI is InChI=1S/C13H14N2O2/c1-7-4-2-3-5-8(7)6-15-12(16)9-10(11(9)14)13(15)17/h2-5,9-11H,6,14H2,1H3. The number of imide groups is 1. The molecule has 2 atom stereocenters. The van der Waals surface area contributed by atoms with Crippen molar-refractivity contribution < 1.29 is 9.59 Å². The van der Waals surface area contributed by atoms with E-state index in [-0.39, 0.29) is 29.7 Å². The fraction of sp³-hybridized carbons (Fsp3) is 0.385. The van der Waals surface area contributed by atoms with E-state index in [2.05, 4.69) is 0 Å². The van der Waals surface area contributed by atoms with E-state index in [0.29, 0.717) is 6.54 Å². The van der Waals surface area contributed by atoms with Crippen LogP contribution in [-0.4, -0.2) is 22.8 Å². The van der Waals surface area contributed by atoms with Gasteiger partial charge < -0.3 is 5.73 Å². The molecule has 1 aliphatic carbocycles. The fourth-order valence-corrected chi connectivity index (χ4v) is 2.55. The van der Waals surface area contributed by atoms with Crippen LogP contribution in [0.1, 0.15) is 11.1 Å². The number of rotatable bonds is 2. The Morgan fingerprint density at radius 3 is 2.35 bits per heavy atom. The molecule has 3 rings (SSSR count). The molecule has 1 aromatic carbocycles. The van der Waals surface area contributed by atoms with Crippen molar-refractivity contribution in [3.63, 3.8) is 0 Å². The molecular weight excluding hydrogens is 216 g/mol. The van der Waals surface area contributed by atoms with Crippen LogP contribution in [0.2, 0.25) is 0 Å². The highest BCUT2D eigenvalue weighted by Crippen LogP contribution is 2.46. The third-order valence-electron chi connectivity index (χ3n) is 3.77. The molecule has 4 heteroatoms. The smallest absolute Gasteiger partial charge is 0.235 e. The Bertz CT molecular complexity index is 490. The van der Waals surface area contributed by atoms with Gasteiger partial charge in [0, 0.05) is 6.04 Å². The molecule has 2 aliphatic rings. The van der Waals surface area contributed by atoms with E-state index in [1.54, 1.807) is 0 Å². The Kier molecular flexibility index (Phi) is 2.10. The molecule has 1 aliphatic heterocycles. The molecule has 2 amide bonds. The van der Waals surface area contributed by atoms with Gasteiger partial charge in [-0.05, 0) is 18.1 Å². The SMILES string of the molecule is Cc1ccccc1CN1C(=O)C2C(N)C2C1=O. The van der Waals surface area contributed by atoms with Crippen molar-refractivity contribution in [2.75, 3.05) is 0 Å². The average molecular weight is 230 g/mol. The summed E-state index contributed by atoms with van der Waals surface area (Å²) >= 11 is 0. The number of hydrogen-bond acceptors (Lipinski definition) is 3. The molecule has 1 saturated carbocycles. The van der Waals surface area contributed by atoms with Crippen molar-refractivity contribution in [2.45, 2.75) is 19.5 Å². The van der Waals surface area contributed by atoms with E-state index in [4.69, 9.17) is 5.73 Å². The van der Waals surface area contributed by atoms with Crippen LogP contribution in [-0.2, 0) is 16.1 Å². The quantitative estimate of drug-likeness (QED) is 0.750. The number of carbonyl (C=O) groups is 2. The Morgan fingerprint density at radius 1 is 1.18 bits per heavy atom. The fourth-order valence-electron chi connectivity index (χ4n) is 2.55. The minimum absolute atomic E-state index is 0.101. The Balaban J connectivity index is 1.82. The van der Waals surface area contributed by atoms with E-state index >= 15 is 0 Å². The number of piperidine rings is 1. The van der Waals surface area contributed by atoms with E-state index in [0.717, 1.165) is 11.1 Å². The summed E-state index contributed by atoms with van der Waals surface area (Å²) in [6, 6.07) is 7.55.